The molecule has 0 radical (unpaired) electrons. The number of hydrogen-bond donors (Lipinski definition) is 0. The van der Waals surface area contributed by atoms with Crippen molar-refractivity contribution in [2.24, 2.45) is 0 Å². The lowest BCUT2D eigenvalue weighted by Gasteiger charge is -2.11. The average molecular weight is 285 g/mol. The minimum atomic E-state index is -4.21. The number of nitrogens with zero attached hydrogens (tertiary/aromatic N) is 3. The Balaban J connectivity index is 1.95. The lowest BCUT2D eigenvalue weighted by Crippen LogP contribution is -2.14. The summed E-state index contributed by atoms with van der Waals surface area (Å²) in [6.45, 7) is 1.89. The van der Waals surface area contributed by atoms with Gasteiger partial charge in [-0.2, -0.15) is 18.3 Å². The van der Waals surface area contributed by atoms with E-state index in [-0.39, 0.29) is 5.88 Å². The molecule has 0 saturated carbocycles. The fourth-order valence-electron chi connectivity index (χ4n) is 1.70. The second-order valence-electron chi connectivity index (χ2n) is 4.38. The molecule has 2 aromatic rings. The summed E-state index contributed by atoms with van der Waals surface area (Å²) in [4.78, 5) is 4.05. The van der Waals surface area contributed by atoms with Crippen LogP contribution in [0.25, 0.3) is 0 Å². The molecule has 2 heterocycles. The van der Waals surface area contributed by atoms with Crippen LogP contribution in [0, 0.1) is 6.92 Å². The van der Waals surface area contributed by atoms with E-state index in [1.807, 2.05) is 18.3 Å². The predicted octanol–water partition coefficient (Wildman–Crippen LogP) is 2.97. The number of ether oxygens (including phenoxy) is 1. The van der Waals surface area contributed by atoms with E-state index in [2.05, 4.69) is 10.1 Å². The summed E-state index contributed by atoms with van der Waals surface area (Å²) in [6.07, 6.45) is -0.118. The van der Waals surface area contributed by atoms with Crippen molar-refractivity contribution in [2.75, 3.05) is 6.61 Å². The number of halogens is 3. The highest BCUT2D eigenvalue weighted by Crippen LogP contribution is 2.21. The maximum atomic E-state index is 12.0. The molecule has 0 aliphatic carbocycles. The molecule has 0 N–H and O–H groups in total. The van der Waals surface area contributed by atoms with Crippen LogP contribution in [0.5, 0.6) is 5.88 Å². The molecule has 0 fully saturated rings. The Hall–Kier alpha value is -2.05. The van der Waals surface area contributed by atoms with Gasteiger partial charge in [-0.3, -0.25) is 4.68 Å². The molecule has 20 heavy (non-hydrogen) atoms. The zero-order valence-electron chi connectivity index (χ0n) is 10.9. The van der Waals surface area contributed by atoms with E-state index < -0.39 is 19.2 Å². The van der Waals surface area contributed by atoms with Gasteiger partial charge in [-0.05, 0) is 24.6 Å². The highest BCUT2D eigenvalue weighted by molar-refractivity contribution is 5.28. The van der Waals surface area contributed by atoms with Gasteiger partial charge in [-0.25, -0.2) is 4.98 Å². The average Bonchev–Trinajstić information content (AvgIpc) is 2.83. The molecule has 2 rings (SSSR count). The maximum Gasteiger partial charge on any atom is 0.392 e. The normalized spacial score (nSPS) is 11.6. The summed E-state index contributed by atoms with van der Waals surface area (Å²) in [6, 6.07) is 3.65. The van der Waals surface area contributed by atoms with Gasteiger partial charge in [0.15, 0.2) is 0 Å². The lowest BCUT2D eigenvalue weighted by atomic mass is 10.2. The molecule has 4 nitrogen and oxygen atoms in total. The van der Waals surface area contributed by atoms with Crippen molar-refractivity contribution in [2.45, 2.75) is 26.1 Å². The third-order valence-corrected chi connectivity index (χ3v) is 2.61. The molecule has 0 amide bonds. The summed E-state index contributed by atoms with van der Waals surface area (Å²) < 4.78 is 42.9. The van der Waals surface area contributed by atoms with Crippen molar-refractivity contribution >= 4 is 0 Å². The molecule has 0 aliphatic rings. The Morgan fingerprint density at radius 1 is 1.35 bits per heavy atom. The molecule has 0 bridgehead atoms. The second-order valence-corrected chi connectivity index (χ2v) is 4.38. The van der Waals surface area contributed by atoms with Gasteiger partial charge in [0.25, 0.3) is 0 Å². The Morgan fingerprint density at radius 3 is 2.75 bits per heavy atom. The van der Waals surface area contributed by atoms with Gasteiger partial charge in [0.1, 0.15) is 0 Å². The van der Waals surface area contributed by atoms with Crippen LogP contribution in [0.4, 0.5) is 13.2 Å². The number of aryl methyl sites for hydroxylation is 1. The smallest absolute Gasteiger partial charge is 0.392 e. The van der Waals surface area contributed by atoms with Gasteiger partial charge in [0.2, 0.25) is 5.88 Å². The monoisotopic (exact) mass is 285 g/mol. The van der Waals surface area contributed by atoms with Gasteiger partial charge < -0.3 is 4.74 Å². The summed E-state index contributed by atoms with van der Waals surface area (Å²) in [5, 5.41) is 4.07. The first kappa shape index (κ1) is 14.4. The topological polar surface area (TPSA) is 39.9 Å². The van der Waals surface area contributed by atoms with E-state index in [0.717, 1.165) is 5.56 Å². The van der Waals surface area contributed by atoms with E-state index >= 15 is 0 Å². The summed E-state index contributed by atoms with van der Waals surface area (Å²) in [5.74, 6) is 0.235. The number of hydrogen-bond acceptors (Lipinski definition) is 3. The van der Waals surface area contributed by atoms with Crippen molar-refractivity contribution < 1.29 is 17.9 Å². The summed E-state index contributed by atoms with van der Waals surface area (Å²) in [5.41, 5.74) is 1.62. The van der Waals surface area contributed by atoms with Crippen LogP contribution in [0.2, 0.25) is 0 Å². The SMILES string of the molecule is Cc1cc(Cn2cccn2)cnc1OCCC(F)(F)F. The third kappa shape index (κ3) is 4.25. The van der Waals surface area contributed by atoms with Gasteiger partial charge in [0, 0.05) is 24.2 Å². The minimum absolute atomic E-state index is 0.235. The van der Waals surface area contributed by atoms with Crippen LogP contribution in [0.1, 0.15) is 17.5 Å². The van der Waals surface area contributed by atoms with Crippen molar-refractivity contribution in [1.82, 2.24) is 14.8 Å². The fourth-order valence-corrected chi connectivity index (χ4v) is 1.70. The highest BCUT2D eigenvalue weighted by Gasteiger charge is 2.27. The van der Waals surface area contributed by atoms with E-state index in [1.54, 1.807) is 24.0 Å². The summed E-state index contributed by atoms with van der Waals surface area (Å²) in [7, 11) is 0. The predicted molar refractivity (Wildman–Crippen MR) is 66.5 cm³/mol. The van der Waals surface area contributed by atoms with Crippen LogP contribution in [0.15, 0.2) is 30.7 Å². The van der Waals surface area contributed by atoms with E-state index in [9.17, 15) is 13.2 Å². The van der Waals surface area contributed by atoms with Crippen LogP contribution in [-0.4, -0.2) is 27.5 Å². The van der Waals surface area contributed by atoms with Crippen molar-refractivity contribution in [3.8, 4) is 5.88 Å². The largest absolute Gasteiger partial charge is 0.477 e. The molecule has 0 saturated heterocycles. The van der Waals surface area contributed by atoms with E-state index in [1.165, 1.54) is 0 Å². The molecule has 7 heteroatoms. The number of rotatable bonds is 5. The number of pyridine rings is 1. The Morgan fingerprint density at radius 2 is 2.15 bits per heavy atom. The quantitative estimate of drug-likeness (QED) is 0.848. The first-order chi connectivity index (χ1) is 9.44. The maximum absolute atomic E-state index is 12.0. The molecular formula is C13H14F3N3O. The van der Waals surface area contributed by atoms with Crippen LogP contribution >= 0.6 is 0 Å². The Bertz CT molecular complexity index is 552. The van der Waals surface area contributed by atoms with Crippen LogP contribution in [-0.2, 0) is 6.54 Å². The van der Waals surface area contributed by atoms with Crippen molar-refractivity contribution in [3.05, 3.63) is 41.9 Å². The zero-order valence-corrected chi connectivity index (χ0v) is 10.9. The lowest BCUT2D eigenvalue weighted by molar-refractivity contribution is -0.139. The van der Waals surface area contributed by atoms with Crippen molar-refractivity contribution in [1.29, 1.82) is 0 Å². The zero-order chi connectivity index (χ0) is 14.6. The van der Waals surface area contributed by atoms with Gasteiger partial charge >= 0.3 is 6.18 Å². The molecule has 0 aromatic carbocycles. The van der Waals surface area contributed by atoms with Gasteiger partial charge in [-0.15, -0.1) is 0 Å². The highest BCUT2D eigenvalue weighted by atomic mass is 19.4. The Labute approximate surface area is 114 Å². The first-order valence-electron chi connectivity index (χ1n) is 6.06. The third-order valence-electron chi connectivity index (χ3n) is 2.61. The molecule has 0 aliphatic heterocycles. The van der Waals surface area contributed by atoms with Crippen LogP contribution < -0.4 is 4.74 Å². The molecular weight excluding hydrogens is 271 g/mol. The summed E-state index contributed by atoms with van der Waals surface area (Å²) >= 11 is 0. The van der Waals surface area contributed by atoms with Gasteiger partial charge in [-0.1, -0.05) is 0 Å². The van der Waals surface area contributed by atoms with Crippen LogP contribution in [0.3, 0.4) is 0 Å². The first-order valence-corrected chi connectivity index (χ1v) is 6.06. The van der Waals surface area contributed by atoms with Gasteiger partial charge in [0.05, 0.1) is 19.6 Å². The van der Waals surface area contributed by atoms with E-state index in [4.69, 9.17) is 4.74 Å². The second kappa shape index (κ2) is 5.94. The molecule has 2 aromatic heterocycles. The standard InChI is InChI=1S/C13H14F3N3O/c1-10-7-11(9-19-5-2-4-18-19)8-17-12(10)20-6-3-13(14,15)16/h2,4-5,7-8H,3,6,9H2,1H3. The number of alkyl halides is 3. The molecule has 108 valence electrons. The molecule has 0 atom stereocenters. The Kier molecular flexibility index (Phi) is 4.26. The molecule has 0 spiro atoms. The number of aromatic nitrogens is 3. The van der Waals surface area contributed by atoms with E-state index in [0.29, 0.717) is 12.1 Å². The molecule has 0 unspecified atom stereocenters. The fraction of sp³-hybridized carbons (Fsp3) is 0.385. The minimum Gasteiger partial charge on any atom is -0.477 e. The van der Waals surface area contributed by atoms with Crippen molar-refractivity contribution in [3.63, 3.8) is 0 Å².